The van der Waals surface area contributed by atoms with Gasteiger partial charge in [0.2, 0.25) is 0 Å². The molecule has 2 aromatic rings. The van der Waals surface area contributed by atoms with Crippen molar-refractivity contribution in [3.8, 4) is 0 Å². The second-order valence-electron chi connectivity index (χ2n) is 6.18. The number of carboxylic acids is 1. The van der Waals surface area contributed by atoms with Crippen LogP contribution in [0.3, 0.4) is 0 Å². The molecule has 0 aliphatic heterocycles. The van der Waals surface area contributed by atoms with Crippen LogP contribution in [-0.4, -0.2) is 11.1 Å². The van der Waals surface area contributed by atoms with Crippen LogP contribution >= 0.6 is 0 Å². The van der Waals surface area contributed by atoms with Crippen LogP contribution in [-0.2, 0) is 0 Å². The van der Waals surface area contributed by atoms with Gasteiger partial charge in [-0.2, -0.15) is 10.2 Å². The molecule has 0 amide bonds. The lowest BCUT2D eigenvalue weighted by molar-refractivity contribution is 0.0697. The van der Waals surface area contributed by atoms with E-state index in [2.05, 4.69) is 50.1 Å². The molecule has 120 valence electrons. The number of nitrogens with zero attached hydrogens (tertiary/aromatic N) is 2. The van der Waals surface area contributed by atoms with Gasteiger partial charge in [0, 0.05) is 0 Å². The average Bonchev–Trinajstić information content (AvgIpc) is 2.52. The zero-order chi connectivity index (χ0) is 17.0. The van der Waals surface area contributed by atoms with Crippen LogP contribution in [0.15, 0.2) is 52.7 Å². The Balaban J connectivity index is 2.29. The lowest BCUT2D eigenvalue weighted by Crippen LogP contribution is -1.94. The first-order chi connectivity index (χ1) is 10.9. The van der Waals surface area contributed by atoms with Gasteiger partial charge in [0.1, 0.15) is 0 Å². The van der Waals surface area contributed by atoms with Crippen molar-refractivity contribution in [1.29, 1.82) is 0 Å². The van der Waals surface area contributed by atoms with Gasteiger partial charge in [0.05, 0.1) is 16.9 Å². The van der Waals surface area contributed by atoms with Crippen molar-refractivity contribution in [2.45, 2.75) is 39.5 Å². The molecule has 2 aromatic carbocycles. The largest absolute Gasteiger partial charge is 0.478 e. The lowest BCUT2D eigenvalue weighted by Gasteiger charge is -2.13. The number of benzene rings is 2. The molecular formula is C19H22N2O2. The summed E-state index contributed by atoms with van der Waals surface area (Å²) in [6.45, 7) is 8.62. The van der Waals surface area contributed by atoms with Gasteiger partial charge in [-0.15, -0.1) is 0 Å². The second kappa shape index (κ2) is 7.18. The second-order valence-corrected chi connectivity index (χ2v) is 6.18. The van der Waals surface area contributed by atoms with E-state index < -0.39 is 5.97 Å². The van der Waals surface area contributed by atoms with Gasteiger partial charge in [0.15, 0.2) is 0 Å². The molecule has 0 fully saturated rings. The SMILES string of the molecule is CC(C)c1ccc(/N=N/c2ccc(C(=O)O)cc2)c(C(C)C)c1. The normalized spacial score (nSPS) is 11.6. The monoisotopic (exact) mass is 310 g/mol. The summed E-state index contributed by atoms with van der Waals surface area (Å²) in [4.78, 5) is 10.8. The maximum Gasteiger partial charge on any atom is 0.335 e. The first-order valence-corrected chi connectivity index (χ1v) is 7.77. The molecule has 0 unspecified atom stereocenters. The van der Waals surface area contributed by atoms with Gasteiger partial charge in [-0.25, -0.2) is 4.79 Å². The van der Waals surface area contributed by atoms with Gasteiger partial charge in [-0.3, -0.25) is 0 Å². The first kappa shape index (κ1) is 16.9. The molecule has 4 nitrogen and oxygen atoms in total. The Morgan fingerprint density at radius 3 is 2.09 bits per heavy atom. The molecule has 0 aromatic heterocycles. The lowest BCUT2D eigenvalue weighted by atomic mass is 9.94. The summed E-state index contributed by atoms with van der Waals surface area (Å²) < 4.78 is 0. The predicted octanol–water partition coefficient (Wildman–Crippen LogP) is 6.05. The Hall–Kier alpha value is -2.49. The fourth-order valence-electron chi connectivity index (χ4n) is 2.27. The van der Waals surface area contributed by atoms with Crippen molar-refractivity contribution in [3.63, 3.8) is 0 Å². The summed E-state index contributed by atoms with van der Waals surface area (Å²) in [6.07, 6.45) is 0. The van der Waals surface area contributed by atoms with E-state index in [9.17, 15) is 4.79 Å². The number of hydrogen-bond donors (Lipinski definition) is 1. The predicted molar refractivity (Wildman–Crippen MR) is 92.2 cm³/mol. The van der Waals surface area contributed by atoms with E-state index in [4.69, 9.17) is 5.11 Å². The van der Waals surface area contributed by atoms with E-state index in [0.717, 1.165) is 5.69 Å². The molecule has 23 heavy (non-hydrogen) atoms. The quantitative estimate of drug-likeness (QED) is 0.683. The number of hydrogen-bond acceptors (Lipinski definition) is 3. The highest BCUT2D eigenvalue weighted by Crippen LogP contribution is 2.31. The minimum Gasteiger partial charge on any atom is -0.478 e. The highest BCUT2D eigenvalue weighted by atomic mass is 16.4. The van der Waals surface area contributed by atoms with Crippen LogP contribution in [0.25, 0.3) is 0 Å². The minimum absolute atomic E-state index is 0.244. The third-order valence-electron chi connectivity index (χ3n) is 3.73. The van der Waals surface area contributed by atoms with Crippen LogP contribution in [0.4, 0.5) is 11.4 Å². The zero-order valence-corrected chi connectivity index (χ0v) is 13.9. The van der Waals surface area contributed by atoms with Crippen LogP contribution in [0, 0.1) is 0 Å². The van der Waals surface area contributed by atoms with Crippen LogP contribution in [0.1, 0.15) is 61.0 Å². The topological polar surface area (TPSA) is 62.0 Å². The molecular weight excluding hydrogens is 288 g/mol. The fraction of sp³-hybridized carbons (Fsp3) is 0.316. The highest BCUT2D eigenvalue weighted by molar-refractivity contribution is 5.87. The third kappa shape index (κ3) is 4.25. The van der Waals surface area contributed by atoms with E-state index in [1.54, 1.807) is 12.1 Å². The van der Waals surface area contributed by atoms with Crippen molar-refractivity contribution < 1.29 is 9.90 Å². The molecule has 1 N–H and O–H groups in total. The fourth-order valence-corrected chi connectivity index (χ4v) is 2.27. The summed E-state index contributed by atoms with van der Waals surface area (Å²) in [5, 5.41) is 17.5. The van der Waals surface area contributed by atoms with E-state index >= 15 is 0 Å². The Labute approximate surface area is 136 Å². The molecule has 0 atom stereocenters. The number of carboxylic acid groups (broad SMARTS) is 1. The summed E-state index contributed by atoms with van der Waals surface area (Å²) in [5.41, 5.74) is 4.19. The van der Waals surface area contributed by atoms with Gasteiger partial charge < -0.3 is 5.11 Å². The van der Waals surface area contributed by atoms with Gasteiger partial charge in [0.25, 0.3) is 0 Å². The van der Waals surface area contributed by atoms with Crippen molar-refractivity contribution in [3.05, 3.63) is 59.2 Å². The average molecular weight is 310 g/mol. The molecule has 4 heteroatoms. The van der Waals surface area contributed by atoms with Gasteiger partial charge in [-0.1, -0.05) is 39.8 Å². The molecule has 0 saturated heterocycles. The minimum atomic E-state index is -0.945. The van der Waals surface area contributed by atoms with Crippen LogP contribution in [0.2, 0.25) is 0 Å². The van der Waals surface area contributed by atoms with Gasteiger partial charge >= 0.3 is 5.97 Å². The van der Waals surface area contributed by atoms with Gasteiger partial charge in [-0.05, 0) is 53.3 Å². The summed E-state index contributed by atoms with van der Waals surface area (Å²) in [7, 11) is 0. The summed E-state index contributed by atoms with van der Waals surface area (Å²) >= 11 is 0. The maximum atomic E-state index is 10.8. The molecule has 0 heterocycles. The smallest absolute Gasteiger partial charge is 0.335 e. The van der Waals surface area contributed by atoms with Crippen molar-refractivity contribution in [2.75, 3.05) is 0 Å². The maximum absolute atomic E-state index is 10.8. The number of aromatic carboxylic acids is 1. The Kier molecular flexibility index (Phi) is 5.27. The summed E-state index contributed by atoms with van der Waals surface area (Å²) in [5.74, 6) is -0.112. The molecule has 0 bridgehead atoms. The zero-order valence-electron chi connectivity index (χ0n) is 13.9. The van der Waals surface area contributed by atoms with E-state index in [1.165, 1.54) is 23.3 Å². The van der Waals surface area contributed by atoms with E-state index in [1.807, 2.05) is 6.07 Å². The Bertz CT molecular complexity index is 717. The van der Waals surface area contributed by atoms with Crippen LogP contribution in [0.5, 0.6) is 0 Å². The molecule has 0 radical (unpaired) electrons. The molecule has 0 aliphatic carbocycles. The summed E-state index contributed by atoms with van der Waals surface area (Å²) in [6, 6.07) is 12.6. The van der Waals surface area contributed by atoms with Crippen molar-refractivity contribution in [2.24, 2.45) is 10.2 Å². The third-order valence-corrected chi connectivity index (χ3v) is 3.73. The molecule has 0 aliphatic rings. The Morgan fingerprint density at radius 1 is 0.913 bits per heavy atom. The first-order valence-electron chi connectivity index (χ1n) is 7.77. The molecule has 2 rings (SSSR count). The standard InChI is InChI=1S/C19H22N2O2/c1-12(2)15-7-10-18(17(11-15)13(3)4)21-20-16-8-5-14(6-9-16)19(22)23/h5-13H,1-4H3,(H,22,23)/b21-20+. The van der Waals surface area contributed by atoms with Crippen molar-refractivity contribution >= 4 is 17.3 Å². The number of azo groups is 1. The van der Waals surface area contributed by atoms with Crippen LogP contribution < -0.4 is 0 Å². The number of rotatable bonds is 5. The highest BCUT2D eigenvalue weighted by Gasteiger charge is 2.09. The van der Waals surface area contributed by atoms with Crippen molar-refractivity contribution in [1.82, 2.24) is 0 Å². The molecule has 0 spiro atoms. The van der Waals surface area contributed by atoms with E-state index in [0.29, 0.717) is 17.5 Å². The Morgan fingerprint density at radius 2 is 1.57 bits per heavy atom. The van der Waals surface area contributed by atoms with E-state index in [-0.39, 0.29) is 5.56 Å². The molecule has 0 saturated carbocycles. The number of carbonyl (C=O) groups is 1.